The molecule has 0 radical (unpaired) electrons. The molecule has 1 aliphatic rings. The first-order valence-electron chi connectivity index (χ1n) is 8.13. The Morgan fingerprint density at radius 3 is 2.60 bits per heavy atom. The molecular weight excluding hydrogens is 342 g/mol. The van der Waals surface area contributed by atoms with Crippen molar-refractivity contribution < 1.29 is 13.2 Å². The molecule has 0 aromatic carbocycles. The number of hydrogen-bond acceptors (Lipinski definition) is 5. The first-order chi connectivity index (χ1) is 11.9. The van der Waals surface area contributed by atoms with Crippen LogP contribution >= 0.6 is 0 Å². The van der Waals surface area contributed by atoms with Crippen molar-refractivity contribution in [3.05, 3.63) is 41.5 Å². The summed E-state index contributed by atoms with van der Waals surface area (Å²) in [4.78, 5) is 18.5. The van der Waals surface area contributed by atoms with Gasteiger partial charge < -0.3 is 4.90 Å². The molecule has 8 nitrogen and oxygen atoms in total. The molecule has 9 heteroatoms. The van der Waals surface area contributed by atoms with Crippen LogP contribution in [0.25, 0.3) is 0 Å². The number of sulfonamides is 1. The summed E-state index contributed by atoms with van der Waals surface area (Å²) in [5, 5.41) is 6.70. The third-order valence-electron chi connectivity index (χ3n) is 4.28. The molecule has 0 saturated carbocycles. The van der Waals surface area contributed by atoms with E-state index in [1.54, 1.807) is 43.1 Å². The van der Waals surface area contributed by atoms with Crippen LogP contribution in [-0.4, -0.2) is 64.9 Å². The Hall–Kier alpha value is -2.26. The molecule has 1 amide bonds. The van der Waals surface area contributed by atoms with Crippen LogP contribution in [0.4, 0.5) is 0 Å². The fourth-order valence-electron chi connectivity index (χ4n) is 3.04. The lowest BCUT2D eigenvalue weighted by Gasteiger charge is -2.21. The van der Waals surface area contributed by atoms with Crippen LogP contribution in [-0.2, 0) is 10.0 Å². The van der Waals surface area contributed by atoms with Gasteiger partial charge >= 0.3 is 0 Å². The Bertz CT molecular complexity index is 844. The van der Waals surface area contributed by atoms with E-state index in [4.69, 9.17) is 0 Å². The highest BCUT2D eigenvalue weighted by molar-refractivity contribution is 7.89. The average molecular weight is 363 g/mol. The number of pyridine rings is 1. The number of aromatic nitrogens is 3. The number of amides is 1. The second-order valence-electron chi connectivity index (χ2n) is 6.03. The molecular formula is C16H21N5O3S. The van der Waals surface area contributed by atoms with Crippen LogP contribution in [0, 0.1) is 13.8 Å². The van der Waals surface area contributed by atoms with Crippen LogP contribution < -0.4 is 0 Å². The zero-order valence-electron chi connectivity index (χ0n) is 14.3. The van der Waals surface area contributed by atoms with Gasteiger partial charge in [-0.25, -0.2) is 8.42 Å². The van der Waals surface area contributed by atoms with E-state index in [9.17, 15) is 13.2 Å². The Kier molecular flexibility index (Phi) is 4.87. The van der Waals surface area contributed by atoms with Crippen molar-refractivity contribution in [1.82, 2.24) is 24.4 Å². The largest absolute Gasteiger partial charge is 0.336 e. The Labute approximate surface area is 146 Å². The van der Waals surface area contributed by atoms with Gasteiger partial charge in [0, 0.05) is 32.4 Å². The predicted molar refractivity (Wildman–Crippen MR) is 91.6 cm³/mol. The number of aryl methyl sites for hydroxylation is 2. The highest BCUT2D eigenvalue weighted by Crippen LogP contribution is 2.23. The van der Waals surface area contributed by atoms with Crippen LogP contribution in [0.1, 0.15) is 28.3 Å². The van der Waals surface area contributed by atoms with E-state index in [2.05, 4.69) is 15.2 Å². The van der Waals surface area contributed by atoms with Gasteiger partial charge in [-0.05, 0) is 32.4 Å². The number of nitrogens with one attached hydrogen (secondary N) is 1. The molecule has 2 aromatic rings. The average Bonchev–Trinajstić information content (AvgIpc) is 2.81. The molecule has 0 spiro atoms. The van der Waals surface area contributed by atoms with Crippen molar-refractivity contribution in [3.63, 3.8) is 0 Å². The molecule has 1 saturated heterocycles. The van der Waals surface area contributed by atoms with E-state index in [1.807, 2.05) is 0 Å². The topological polar surface area (TPSA) is 99.3 Å². The van der Waals surface area contributed by atoms with Crippen LogP contribution in [0.15, 0.2) is 29.3 Å². The smallest absolute Gasteiger partial charge is 0.272 e. The van der Waals surface area contributed by atoms with Crippen molar-refractivity contribution >= 4 is 15.9 Å². The van der Waals surface area contributed by atoms with Gasteiger partial charge in [-0.15, -0.1) is 0 Å². The van der Waals surface area contributed by atoms with Gasteiger partial charge in [0.1, 0.15) is 10.6 Å². The maximum Gasteiger partial charge on any atom is 0.272 e. The molecule has 3 rings (SSSR count). The molecule has 1 fully saturated rings. The third-order valence-corrected chi connectivity index (χ3v) is 6.45. The quantitative estimate of drug-likeness (QED) is 0.876. The minimum absolute atomic E-state index is 0.171. The molecule has 0 atom stereocenters. The minimum atomic E-state index is -3.63. The van der Waals surface area contributed by atoms with Crippen molar-refractivity contribution in [2.45, 2.75) is 25.2 Å². The van der Waals surface area contributed by atoms with E-state index >= 15 is 0 Å². The summed E-state index contributed by atoms with van der Waals surface area (Å²) in [5.41, 5.74) is 1.37. The second kappa shape index (κ2) is 6.93. The summed E-state index contributed by atoms with van der Waals surface area (Å²) in [7, 11) is -3.63. The zero-order valence-corrected chi connectivity index (χ0v) is 15.1. The monoisotopic (exact) mass is 363 g/mol. The third kappa shape index (κ3) is 3.42. The first-order valence-corrected chi connectivity index (χ1v) is 9.57. The molecule has 0 unspecified atom stereocenters. The number of hydrogen-bond donors (Lipinski definition) is 1. The number of carbonyl (C=O) groups excluding carboxylic acids is 1. The van der Waals surface area contributed by atoms with Crippen molar-refractivity contribution in [2.24, 2.45) is 0 Å². The molecule has 1 aliphatic heterocycles. The summed E-state index contributed by atoms with van der Waals surface area (Å²) in [5.74, 6) is -0.171. The van der Waals surface area contributed by atoms with E-state index in [0.717, 1.165) is 0 Å². The van der Waals surface area contributed by atoms with Gasteiger partial charge in [0.25, 0.3) is 5.91 Å². The van der Waals surface area contributed by atoms with Crippen LogP contribution in [0.3, 0.4) is 0 Å². The van der Waals surface area contributed by atoms with E-state index in [1.165, 1.54) is 4.31 Å². The van der Waals surface area contributed by atoms with Gasteiger partial charge in [0.05, 0.1) is 11.4 Å². The molecule has 0 bridgehead atoms. The fraction of sp³-hybridized carbons (Fsp3) is 0.438. The number of aromatic amines is 1. The molecule has 3 heterocycles. The van der Waals surface area contributed by atoms with Gasteiger partial charge in [-0.3, -0.25) is 14.9 Å². The lowest BCUT2D eigenvalue weighted by atomic mass is 10.3. The highest BCUT2D eigenvalue weighted by Gasteiger charge is 2.32. The highest BCUT2D eigenvalue weighted by atomic mass is 32.2. The maximum atomic E-state index is 12.9. The summed E-state index contributed by atoms with van der Waals surface area (Å²) in [6.07, 6.45) is 2.15. The van der Waals surface area contributed by atoms with Crippen LogP contribution in [0.2, 0.25) is 0 Å². The van der Waals surface area contributed by atoms with Gasteiger partial charge in [-0.1, -0.05) is 6.07 Å². The lowest BCUT2D eigenvalue weighted by Crippen LogP contribution is -2.37. The molecule has 1 N–H and O–H groups in total. The zero-order chi connectivity index (χ0) is 18.0. The first kappa shape index (κ1) is 17.6. The fourth-order valence-corrected chi connectivity index (χ4v) is 4.84. The second-order valence-corrected chi connectivity index (χ2v) is 7.90. The summed E-state index contributed by atoms with van der Waals surface area (Å²) < 4.78 is 27.3. The molecule has 134 valence electrons. The molecule has 25 heavy (non-hydrogen) atoms. The molecule has 0 aliphatic carbocycles. The number of nitrogens with zero attached hydrogens (tertiary/aromatic N) is 4. The normalized spacial score (nSPS) is 16.6. The standard InChI is InChI=1S/C16H21N5O3S/c1-12-15(13(2)19-18-12)25(23,24)21-9-5-8-20(10-11-21)16(22)14-6-3-4-7-17-14/h3-4,6-7H,5,8-11H2,1-2H3,(H,18,19). The Morgan fingerprint density at radius 1 is 1.16 bits per heavy atom. The van der Waals surface area contributed by atoms with Crippen molar-refractivity contribution in [2.75, 3.05) is 26.2 Å². The van der Waals surface area contributed by atoms with E-state index in [0.29, 0.717) is 43.1 Å². The maximum absolute atomic E-state index is 12.9. The van der Waals surface area contributed by atoms with Crippen molar-refractivity contribution in [3.8, 4) is 0 Å². The Morgan fingerprint density at radius 2 is 1.96 bits per heavy atom. The lowest BCUT2D eigenvalue weighted by molar-refractivity contribution is 0.0758. The van der Waals surface area contributed by atoms with Crippen molar-refractivity contribution in [1.29, 1.82) is 0 Å². The van der Waals surface area contributed by atoms with E-state index < -0.39 is 10.0 Å². The van der Waals surface area contributed by atoms with Gasteiger partial charge in [0.15, 0.2) is 0 Å². The Balaban J connectivity index is 1.77. The van der Waals surface area contributed by atoms with Crippen LogP contribution in [0.5, 0.6) is 0 Å². The number of rotatable bonds is 3. The van der Waals surface area contributed by atoms with Gasteiger partial charge in [-0.2, -0.15) is 9.40 Å². The summed E-state index contributed by atoms with van der Waals surface area (Å²) in [6.45, 7) is 4.84. The molecule has 2 aromatic heterocycles. The SMILES string of the molecule is Cc1n[nH]c(C)c1S(=O)(=O)N1CCCN(C(=O)c2ccccn2)CC1. The van der Waals surface area contributed by atoms with Gasteiger partial charge in [0.2, 0.25) is 10.0 Å². The number of H-pyrrole nitrogens is 1. The number of carbonyl (C=O) groups is 1. The summed E-state index contributed by atoms with van der Waals surface area (Å²) in [6, 6.07) is 5.18. The predicted octanol–water partition coefficient (Wildman–Crippen LogP) is 0.958. The minimum Gasteiger partial charge on any atom is -0.336 e. The summed E-state index contributed by atoms with van der Waals surface area (Å²) >= 11 is 0. The van der Waals surface area contributed by atoms with E-state index in [-0.39, 0.29) is 17.3 Å².